The lowest BCUT2D eigenvalue weighted by Crippen LogP contribution is -2.45. The number of nitrogens with zero attached hydrogens (tertiary/aromatic N) is 4. The van der Waals surface area contributed by atoms with E-state index in [-0.39, 0.29) is 17.2 Å². The molecule has 1 aromatic heterocycles. The number of benzene rings is 2. The Labute approximate surface area is 209 Å². The second-order valence-electron chi connectivity index (χ2n) is 9.66. The maximum atomic E-state index is 14.4. The average Bonchev–Trinajstić information content (AvgIpc) is 3.27. The van der Waals surface area contributed by atoms with Crippen LogP contribution in [0.3, 0.4) is 0 Å². The highest BCUT2D eigenvalue weighted by molar-refractivity contribution is 5.96. The molecule has 9 nitrogen and oxygen atoms in total. The van der Waals surface area contributed by atoms with Crippen molar-refractivity contribution in [2.75, 3.05) is 29.6 Å². The van der Waals surface area contributed by atoms with Crippen molar-refractivity contribution in [2.45, 2.75) is 45.8 Å². The summed E-state index contributed by atoms with van der Waals surface area (Å²) in [7, 11) is 0. The molecule has 188 valence electrons. The van der Waals surface area contributed by atoms with Gasteiger partial charge in [-0.3, -0.25) is 15.5 Å². The average molecular weight is 491 g/mol. The number of carbonyl (C=O) groups excluding carboxylic acids is 1. The van der Waals surface area contributed by atoms with Gasteiger partial charge in [0.2, 0.25) is 5.95 Å². The van der Waals surface area contributed by atoms with Gasteiger partial charge in [-0.2, -0.15) is 0 Å². The van der Waals surface area contributed by atoms with Crippen LogP contribution in [0.2, 0.25) is 0 Å². The van der Waals surface area contributed by atoms with Crippen LogP contribution in [0.25, 0.3) is 0 Å². The standard InChI is InChI=1S/C26H31FN8O/c1-15-7-16(2)9-18(8-15)31-26-30-12-17-13-35(14-24(17)32-26)19-3-5-34(6-4-19)25(36)20-10-23(33-29)22(28)11-21(20)27/h7-12,19,33H,3-6,13-14,28-29H2,1-2H3,(H,30,31,32). The molecule has 2 aliphatic heterocycles. The van der Waals surface area contributed by atoms with E-state index in [9.17, 15) is 9.18 Å². The number of hydrogen-bond donors (Lipinski definition) is 4. The highest BCUT2D eigenvalue weighted by atomic mass is 19.1. The van der Waals surface area contributed by atoms with E-state index in [4.69, 9.17) is 16.6 Å². The van der Waals surface area contributed by atoms with E-state index in [1.165, 1.54) is 17.2 Å². The van der Waals surface area contributed by atoms with Crippen LogP contribution >= 0.6 is 0 Å². The summed E-state index contributed by atoms with van der Waals surface area (Å²) in [6.45, 7) is 6.78. The number of aryl methyl sites for hydroxylation is 2. The molecule has 1 saturated heterocycles. The minimum Gasteiger partial charge on any atom is -0.397 e. The lowest BCUT2D eigenvalue weighted by molar-refractivity contribution is 0.0609. The van der Waals surface area contributed by atoms with Gasteiger partial charge in [-0.1, -0.05) is 6.07 Å². The van der Waals surface area contributed by atoms with Gasteiger partial charge in [-0.25, -0.2) is 14.4 Å². The molecule has 2 aliphatic rings. The zero-order valence-electron chi connectivity index (χ0n) is 20.5. The van der Waals surface area contributed by atoms with Crippen molar-refractivity contribution in [1.82, 2.24) is 19.8 Å². The molecule has 0 saturated carbocycles. The normalized spacial score (nSPS) is 16.2. The SMILES string of the molecule is Cc1cc(C)cc(Nc2ncc3c(n2)CN(C2CCN(C(=O)c4cc(NN)c(N)cc4F)CC2)C3)c1. The third-order valence-corrected chi connectivity index (χ3v) is 6.95. The van der Waals surface area contributed by atoms with Crippen LogP contribution in [-0.4, -0.2) is 44.8 Å². The molecule has 10 heteroatoms. The fourth-order valence-electron chi connectivity index (χ4n) is 5.15. The summed E-state index contributed by atoms with van der Waals surface area (Å²) in [6.07, 6.45) is 3.51. The van der Waals surface area contributed by atoms with Gasteiger partial charge in [0, 0.05) is 49.7 Å². The first-order chi connectivity index (χ1) is 17.3. The summed E-state index contributed by atoms with van der Waals surface area (Å²) >= 11 is 0. The summed E-state index contributed by atoms with van der Waals surface area (Å²) in [5, 5.41) is 3.32. The minimum atomic E-state index is -0.641. The minimum absolute atomic E-state index is 0.0247. The van der Waals surface area contributed by atoms with Crippen LogP contribution in [-0.2, 0) is 13.1 Å². The summed E-state index contributed by atoms with van der Waals surface area (Å²) in [4.78, 5) is 26.4. The number of nitrogen functional groups attached to an aromatic ring is 2. The zero-order chi connectivity index (χ0) is 25.4. The molecule has 0 bridgehead atoms. The predicted molar refractivity (Wildman–Crippen MR) is 138 cm³/mol. The Balaban J connectivity index is 1.20. The van der Waals surface area contributed by atoms with Crippen molar-refractivity contribution in [3.8, 4) is 0 Å². The molecule has 0 radical (unpaired) electrons. The van der Waals surface area contributed by atoms with E-state index in [2.05, 4.69) is 52.7 Å². The molecule has 0 aliphatic carbocycles. The van der Waals surface area contributed by atoms with Crippen molar-refractivity contribution in [3.05, 3.63) is 70.3 Å². The number of hydrogen-bond acceptors (Lipinski definition) is 8. The molecular formula is C26H31FN8O. The van der Waals surface area contributed by atoms with E-state index in [0.29, 0.717) is 30.8 Å². The molecule has 3 aromatic rings. The highest BCUT2D eigenvalue weighted by Gasteiger charge is 2.32. The van der Waals surface area contributed by atoms with E-state index in [0.717, 1.165) is 48.9 Å². The molecule has 2 aromatic carbocycles. The predicted octanol–water partition coefficient (Wildman–Crippen LogP) is 3.46. The van der Waals surface area contributed by atoms with Gasteiger partial charge in [0.25, 0.3) is 5.91 Å². The largest absolute Gasteiger partial charge is 0.397 e. The van der Waals surface area contributed by atoms with Crippen molar-refractivity contribution in [1.29, 1.82) is 0 Å². The Morgan fingerprint density at radius 2 is 1.81 bits per heavy atom. The smallest absolute Gasteiger partial charge is 0.256 e. The first-order valence-electron chi connectivity index (χ1n) is 12.1. The van der Waals surface area contributed by atoms with E-state index in [1.54, 1.807) is 4.90 Å². The summed E-state index contributed by atoms with van der Waals surface area (Å²) in [6, 6.07) is 9.10. The summed E-state index contributed by atoms with van der Waals surface area (Å²) in [5.74, 6) is 5.04. The van der Waals surface area contributed by atoms with Crippen LogP contribution in [0.5, 0.6) is 0 Å². The van der Waals surface area contributed by atoms with Crippen molar-refractivity contribution < 1.29 is 9.18 Å². The number of hydrazine groups is 1. The van der Waals surface area contributed by atoms with Crippen molar-refractivity contribution >= 4 is 28.9 Å². The maximum Gasteiger partial charge on any atom is 0.256 e. The van der Waals surface area contributed by atoms with Gasteiger partial charge in [0.1, 0.15) is 5.82 Å². The third-order valence-electron chi connectivity index (χ3n) is 6.95. The van der Waals surface area contributed by atoms with Crippen LogP contribution in [0.4, 0.5) is 27.4 Å². The van der Waals surface area contributed by atoms with Crippen LogP contribution < -0.4 is 22.3 Å². The van der Waals surface area contributed by atoms with E-state index in [1.807, 2.05) is 6.20 Å². The number of piperidine rings is 1. The van der Waals surface area contributed by atoms with Crippen LogP contribution in [0.1, 0.15) is 45.6 Å². The number of nitrogens with two attached hydrogens (primary N) is 2. The third kappa shape index (κ3) is 4.82. The van der Waals surface area contributed by atoms with Crippen molar-refractivity contribution in [3.63, 3.8) is 0 Å². The topological polar surface area (TPSA) is 125 Å². The molecular weight excluding hydrogens is 459 g/mol. The highest BCUT2D eigenvalue weighted by Crippen LogP contribution is 2.30. The van der Waals surface area contributed by atoms with E-state index >= 15 is 0 Å². The lowest BCUT2D eigenvalue weighted by atomic mass is 10.0. The summed E-state index contributed by atoms with van der Waals surface area (Å²) < 4.78 is 14.4. The van der Waals surface area contributed by atoms with Gasteiger partial charge < -0.3 is 21.4 Å². The number of amides is 1. The van der Waals surface area contributed by atoms with Gasteiger partial charge in [-0.15, -0.1) is 0 Å². The maximum absolute atomic E-state index is 14.4. The quantitative estimate of drug-likeness (QED) is 0.243. The second-order valence-corrected chi connectivity index (χ2v) is 9.66. The number of nitrogens with one attached hydrogen (secondary N) is 2. The van der Waals surface area contributed by atoms with Gasteiger partial charge in [0.15, 0.2) is 0 Å². The molecule has 0 atom stereocenters. The molecule has 6 N–H and O–H groups in total. The Bertz CT molecular complexity index is 1290. The Morgan fingerprint density at radius 3 is 2.50 bits per heavy atom. The molecule has 0 unspecified atom stereocenters. The van der Waals surface area contributed by atoms with E-state index < -0.39 is 5.82 Å². The monoisotopic (exact) mass is 490 g/mol. The Hall–Kier alpha value is -3.76. The Morgan fingerprint density at radius 1 is 1.08 bits per heavy atom. The van der Waals surface area contributed by atoms with Gasteiger partial charge in [0.05, 0.1) is 22.6 Å². The molecule has 36 heavy (non-hydrogen) atoms. The fourth-order valence-corrected chi connectivity index (χ4v) is 5.15. The zero-order valence-corrected chi connectivity index (χ0v) is 20.5. The number of halogens is 1. The second kappa shape index (κ2) is 9.71. The van der Waals surface area contributed by atoms with Gasteiger partial charge >= 0.3 is 0 Å². The number of aromatic nitrogens is 2. The van der Waals surface area contributed by atoms with Crippen molar-refractivity contribution in [2.24, 2.45) is 5.84 Å². The summed E-state index contributed by atoms with van der Waals surface area (Å²) in [5.41, 5.74) is 14.1. The molecule has 1 amide bonds. The number of carbonyl (C=O) groups is 1. The van der Waals surface area contributed by atoms with Crippen LogP contribution in [0.15, 0.2) is 36.5 Å². The molecule has 0 spiro atoms. The number of rotatable bonds is 5. The number of fused-ring (bicyclic) bond motifs is 1. The molecule has 3 heterocycles. The molecule has 5 rings (SSSR count). The fraction of sp³-hybridized carbons (Fsp3) is 0.346. The Kier molecular flexibility index (Phi) is 6.46. The molecule has 1 fully saturated rings. The lowest BCUT2D eigenvalue weighted by Gasteiger charge is -2.36. The first-order valence-corrected chi connectivity index (χ1v) is 12.1. The number of likely N-dealkylation sites (tertiary alicyclic amines) is 1. The number of anilines is 4. The first kappa shape index (κ1) is 24.0. The van der Waals surface area contributed by atoms with Gasteiger partial charge in [-0.05, 0) is 62.1 Å². The van der Waals surface area contributed by atoms with Crippen LogP contribution in [0, 0.1) is 19.7 Å².